The fourth-order valence-corrected chi connectivity index (χ4v) is 2.32. The Bertz CT molecular complexity index is 361. The molecule has 0 saturated heterocycles. The second-order valence-electron chi connectivity index (χ2n) is 4.16. The Labute approximate surface area is 99.1 Å². The summed E-state index contributed by atoms with van der Waals surface area (Å²) in [5.74, 6) is 0.986. The highest BCUT2D eigenvalue weighted by molar-refractivity contribution is 9.10. The fourth-order valence-electron chi connectivity index (χ4n) is 1.92. The van der Waals surface area contributed by atoms with Crippen LogP contribution >= 0.6 is 15.9 Å². The van der Waals surface area contributed by atoms with Crippen molar-refractivity contribution < 1.29 is 4.74 Å². The molecule has 0 heterocycles. The van der Waals surface area contributed by atoms with Gasteiger partial charge in [0.25, 0.3) is 0 Å². The van der Waals surface area contributed by atoms with Crippen LogP contribution in [0.25, 0.3) is 0 Å². The molecular weight excluding hydrogens is 254 g/mol. The van der Waals surface area contributed by atoms with E-state index in [1.807, 2.05) is 19.2 Å². The van der Waals surface area contributed by atoms with Crippen LogP contribution in [0.2, 0.25) is 0 Å². The number of methoxy groups -OCH3 is 1. The van der Waals surface area contributed by atoms with Gasteiger partial charge in [-0.1, -0.05) is 15.9 Å². The molecule has 82 valence electrons. The van der Waals surface area contributed by atoms with Crippen LogP contribution in [0.5, 0.6) is 5.75 Å². The van der Waals surface area contributed by atoms with Crippen LogP contribution in [0.15, 0.2) is 22.7 Å². The van der Waals surface area contributed by atoms with Gasteiger partial charge >= 0.3 is 0 Å². The van der Waals surface area contributed by atoms with Crippen LogP contribution in [-0.4, -0.2) is 19.7 Å². The summed E-state index contributed by atoms with van der Waals surface area (Å²) in [5, 5.41) is 3.40. The molecule has 0 atom stereocenters. The lowest BCUT2D eigenvalue weighted by Gasteiger charge is -2.16. The molecule has 1 aliphatic carbocycles. The van der Waals surface area contributed by atoms with Crippen molar-refractivity contribution in [2.75, 3.05) is 14.2 Å². The zero-order valence-corrected chi connectivity index (χ0v) is 10.7. The van der Waals surface area contributed by atoms with E-state index < -0.39 is 0 Å². The molecule has 0 aliphatic heterocycles. The highest BCUT2D eigenvalue weighted by Gasteiger charge is 2.41. The van der Waals surface area contributed by atoms with Crippen molar-refractivity contribution in [3.8, 4) is 5.75 Å². The maximum absolute atomic E-state index is 5.37. The summed E-state index contributed by atoms with van der Waals surface area (Å²) in [4.78, 5) is 0. The van der Waals surface area contributed by atoms with E-state index in [1.54, 1.807) is 7.11 Å². The van der Waals surface area contributed by atoms with E-state index in [1.165, 1.54) is 18.4 Å². The molecule has 0 bridgehead atoms. The largest absolute Gasteiger partial charge is 0.496 e. The molecule has 0 aromatic heterocycles. The highest BCUT2D eigenvalue weighted by atomic mass is 79.9. The summed E-state index contributed by atoms with van der Waals surface area (Å²) >= 11 is 3.50. The van der Waals surface area contributed by atoms with Gasteiger partial charge in [0, 0.05) is 10.0 Å². The quantitative estimate of drug-likeness (QED) is 0.908. The average molecular weight is 270 g/mol. The lowest BCUT2D eigenvalue weighted by molar-refractivity contribution is 0.404. The molecule has 15 heavy (non-hydrogen) atoms. The van der Waals surface area contributed by atoms with E-state index in [9.17, 15) is 0 Å². The third kappa shape index (κ3) is 2.34. The Balaban J connectivity index is 2.22. The lowest BCUT2D eigenvalue weighted by Crippen LogP contribution is -2.29. The highest BCUT2D eigenvalue weighted by Crippen LogP contribution is 2.40. The first-order valence-corrected chi connectivity index (χ1v) is 6.00. The number of nitrogens with one attached hydrogen (secondary N) is 1. The van der Waals surface area contributed by atoms with Crippen molar-refractivity contribution in [1.29, 1.82) is 0 Å². The van der Waals surface area contributed by atoms with Crippen molar-refractivity contribution in [2.45, 2.75) is 24.8 Å². The molecule has 2 nitrogen and oxygen atoms in total. The number of rotatable bonds is 4. The van der Waals surface area contributed by atoms with Crippen LogP contribution in [0, 0.1) is 0 Å². The minimum Gasteiger partial charge on any atom is -0.496 e. The molecule has 1 aliphatic rings. The maximum atomic E-state index is 5.37. The molecule has 1 fully saturated rings. The Kier molecular flexibility index (Phi) is 3.03. The van der Waals surface area contributed by atoms with Gasteiger partial charge in [-0.15, -0.1) is 0 Å². The average Bonchev–Trinajstić information content (AvgIpc) is 2.99. The summed E-state index contributed by atoms with van der Waals surface area (Å²) in [6.07, 6.45) is 3.57. The van der Waals surface area contributed by atoms with E-state index in [4.69, 9.17) is 4.74 Å². The molecule has 1 saturated carbocycles. The van der Waals surface area contributed by atoms with Gasteiger partial charge in [-0.05, 0) is 50.1 Å². The summed E-state index contributed by atoms with van der Waals surface area (Å²) in [6, 6.07) is 6.18. The monoisotopic (exact) mass is 269 g/mol. The lowest BCUT2D eigenvalue weighted by atomic mass is 10.0. The predicted molar refractivity (Wildman–Crippen MR) is 65.4 cm³/mol. The van der Waals surface area contributed by atoms with Crippen molar-refractivity contribution >= 4 is 15.9 Å². The van der Waals surface area contributed by atoms with Crippen LogP contribution in [0.3, 0.4) is 0 Å². The number of benzene rings is 1. The molecule has 1 N–H and O–H groups in total. The first-order valence-electron chi connectivity index (χ1n) is 5.20. The molecule has 0 amide bonds. The predicted octanol–water partition coefficient (Wildman–Crippen LogP) is 2.75. The van der Waals surface area contributed by atoms with Gasteiger partial charge in [0.1, 0.15) is 5.75 Å². The number of ether oxygens (including phenoxy) is 1. The van der Waals surface area contributed by atoms with Crippen LogP contribution in [0.1, 0.15) is 18.4 Å². The minimum atomic E-state index is 0.327. The molecule has 0 spiro atoms. The van der Waals surface area contributed by atoms with Crippen molar-refractivity contribution in [3.63, 3.8) is 0 Å². The third-order valence-corrected chi connectivity index (χ3v) is 3.65. The fraction of sp³-hybridized carbons (Fsp3) is 0.500. The van der Waals surface area contributed by atoms with Crippen molar-refractivity contribution in [3.05, 3.63) is 28.2 Å². The smallest absolute Gasteiger partial charge is 0.122 e. The van der Waals surface area contributed by atoms with Crippen LogP contribution < -0.4 is 10.1 Å². The van der Waals surface area contributed by atoms with E-state index in [2.05, 4.69) is 27.3 Å². The maximum Gasteiger partial charge on any atom is 0.122 e. The number of hydrogen-bond donors (Lipinski definition) is 1. The number of halogens is 1. The standard InChI is InChI=1S/C12H16BrNO/c1-14-12(5-6-12)8-9-7-10(13)3-4-11(9)15-2/h3-4,7,14H,5-6,8H2,1-2H3. The van der Waals surface area contributed by atoms with E-state index in [-0.39, 0.29) is 0 Å². The van der Waals surface area contributed by atoms with Crippen molar-refractivity contribution in [1.82, 2.24) is 5.32 Å². The second-order valence-corrected chi connectivity index (χ2v) is 5.08. The van der Waals surface area contributed by atoms with Gasteiger partial charge in [0.2, 0.25) is 0 Å². The normalized spacial score (nSPS) is 17.5. The zero-order valence-electron chi connectivity index (χ0n) is 9.14. The minimum absolute atomic E-state index is 0.327. The zero-order chi connectivity index (χ0) is 10.9. The van der Waals surface area contributed by atoms with Crippen LogP contribution in [0.4, 0.5) is 0 Å². The Morgan fingerprint density at radius 2 is 2.20 bits per heavy atom. The Morgan fingerprint density at radius 3 is 2.73 bits per heavy atom. The van der Waals surface area contributed by atoms with Gasteiger partial charge < -0.3 is 10.1 Å². The van der Waals surface area contributed by atoms with Gasteiger partial charge in [-0.2, -0.15) is 0 Å². The van der Waals surface area contributed by atoms with Crippen molar-refractivity contribution in [2.24, 2.45) is 0 Å². The molecule has 0 radical (unpaired) electrons. The molecular formula is C12H16BrNO. The van der Waals surface area contributed by atoms with Gasteiger partial charge in [0.05, 0.1) is 7.11 Å². The Hall–Kier alpha value is -0.540. The van der Waals surface area contributed by atoms with Gasteiger partial charge in [-0.3, -0.25) is 0 Å². The van der Waals surface area contributed by atoms with E-state index >= 15 is 0 Å². The number of likely N-dealkylation sites (N-methyl/N-ethyl adjacent to an activating group) is 1. The van der Waals surface area contributed by atoms with E-state index in [0.29, 0.717) is 5.54 Å². The van der Waals surface area contributed by atoms with E-state index in [0.717, 1.165) is 16.6 Å². The molecule has 2 rings (SSSR count). The SMILES string of the molecule is CNC1(Cc2cc(Br)ccc2OC)CC1. The first kappa shape index (κ1) is 11.0. The number of hydrogen-bond acceptors (Lipinski definition) is 2. The van der Waals surface area contributed by atoms with Crippen LogP contribution in [-0.2, 0) is 6.42 Å². The topological polar surface area (TPSA) is 21.3 Å². The molecule has 1 aromatic carbocycles. The summed E-state index contributed by atoms with van der Waals surface area (Å²) in [6.45, 7) is 0. The van der Waals surface area contributed by atoms with Gasteiger partial charge in [-0.25, -0.2) is 0 Å². The Morgan fingerprint density at radius 1 is 1.47 bits per heavy atom. The van der Waals surface area contributed by atoms with Gasteiger partial charge in [0.15, 0.2) is 0 Å². The third-order valence-electron chi connectivity index (χ3n) is 3.16. The first-order chi connectivity index (χ1) is 7.19. The second kappa shape index (κ2) is 4.14. The summed E-state index contributed by atoms with van der Waals surface area (Å²) in [7, 11) is 3.77. The molecule has 3 heteroatoms. The summed E-state index contributed by atoms with van der Waals surface area (Å²) < 4.78 is 6.49. The molecule has 0 unspecified atom stereocenters. The summed E-state index contributed by atoms with van der Waals surface area (Å²) in [5.41, 5.74) is 1.60. The molecule has 1 aromatic rings.